The van der Waals surface area contributed by atoms with Crippen LogP contribution in [0.4, 0.5) is 5.69 Å². The zero-order chi connectivity index (χ0) is 14.6. The lowest BCUT2D eigenvalue weighted by molar-refractivity contribution is 0.260. The first-order valence-electron chi connectivity index (χ1n) is 7.39. The van der Waals surface area contributed by atoms with E-state index in [0.29, 0.717) is 10.8 Å². The number of sulfonamides is 1. The fourth-order valence-corrected chi connectivity index (χ4v) is 3.68. The Labute approximate surface area is 122 Å². The van der Waals surface area contributed by atoms with Gasteiger partial charge in [-0.15, -0.1) is 0 Å². The first-order valence-corrected chi connectivity index (χ1v) is 8.87. The topological polar surface area (TPSA) is 58.2 Å². The first kappa shape index (κ1) is 15.3. The molecule has 1 atom stereocenters. The fraction of sp³-hybridized carbons (Fsp3) is 0.600. The number of anilines is 1. The molecule has 1 aromatic carbocycles. The monoisotopic (exact) mass is 296 g/mol. The van der Waals surface area contributed by atoms with Crippen molar-refractivity contribution in [1.29, 1.82) is 0 Å². The van der Waals surface area contributed by atoms with E-state index in [9.17, 15) is 8.42 Å². The van der Waals surface area contributed by atoms with E-state index in [-0.39, 0.29) is 6.04 Å². The zero-order valence-corrected chi connectivity index (χ0v) is 13.0. The lowest BCUT2D eigenvalue weighted by Crippen LogP contribution is -2.40. The van der Waals surface area contributed by atoms with Crippen LogP contribution in [0.15, 0.2) is 29.2 Å². The van der Waals surface area contributed by atoms with Gasteiger partial charge in [-0.2, -0.15) is 0 Å². The Morgan fingerprint density at radius 3 is 2.40 bits per heavy atom. The molecule has 2 N–H and O–H groups in total. The molecule has 1 aromatic rings. The van der Waals surface area contributed by atoms with Gasteiger partial charge >= 0.3 is 0 Å². The Morgan fingerprint density at radius 2 is 1.90 bits per heavy atom. The highest BCUT2D eigenvalue weighted by Gasteiger charge is 2.27. The van der Waals surface area contributed by atoms with E-state index in [4.69, 9.17) is 0 Å². The van der Waals surface area contributed by atoms with Crippen LogP contribution in [-0.2, 0) is 10.0 Å². The van der Waals surface area contributed by atoms with E-state index < -0.39 is 10.0 Å². The van der Waals surface area contributed by atoms with Crippen molar-refractivity contribution in [3.8, 4) is 0 Å². The summed E-state index contributed by atoms with van der Waals surface area (Å²) in [5.41, 5.74) is 0.956. The summed E-state index contributed by atoms with van der Waals surface area (Å²) in [6, 6.07) is 6.98. The van der Waals surface area contributed by atoms with Crippen LogP contribution in [0.25, 0.3) is 0 Å². The summed E-state index contributed by atoms with van der Waals surface area (Å²) in [7, 11) is -3.40. The second kappa shape index (κ2) is 6.59. The van der Waals surface area contributed by atoms with Gasteiger partial charge in [-0.05, 0) is 56.4 Å². The van der Waals surface area contributed by atoms with Crippen LogP contribution in [0.3, 0.4) is 0 Å². The number of nitrogens with one attached hydrogen (secondary N) is 2. The third-order valence-corrected chi connectivity index (χ3v) is 5.52. The Kier molecular flexibility index (Phi) is 5.05. The summed E-state index contributed by atoms with van der Waals surface area (Å²) in [5.74, 6) is 0.496. The van der Waals surface area contributed by atoms with Gasteiger partial charge in [0, 0.05) is 18.3 Å². The van der Waals surface area contributed by atoms with Crippen LogP contribution in [0, 0.1) is 5.92 Å². The van der Waals surface area contributed by atoms with Crippen molar-refractivity contribution in [2.24, 2.45) is 5.92 Å². The van der Waals surface area contributed by atoms with Gasteiger partial charge in [0.25, 0.3) is 0 Å². The third kappa shape index (κ3) is 3.73. The summed E-state index contributed by atoms with van der Waals surface area (Å²) in [6.45, 7) is 4.94. The molecular formula is C15H24N2O2S. The maximum Gasteiger partial charge on any atom is 0.240 e. The smallest absolute Gasteiger partial charge is 0.240 e. The average Bonchev–Trinajstić information content (AvgIpc) is 2.34. The van der Waals surface area contributed by atoms with E-state index in [2.05, 4.69) is 17.0 Å². The fourth-order valence-electron chi connectivity index (χ4n) is 2.37. The molecule has 0 heterocycles. The van der Waals surface area contributed by atoms with Crippen LogP contribution in [0.1, 0.15) is 39.5 Å². The lowest BCUT2D eigenvalue weighted by atomic mass is 9.81. The van der Waals surface area contributed by atoms with Crippen molar-refractivity contribution < 1.29 is 8.42 Å². The van der Waals surface area contributed by atoms with Crippen molar-refractivity contribution in [2.75, 3.05) is 11.9 Å². The van der Waals surface area contributed by atoms with E-state index in [1.165, 1.54) is 6.42 Å². The molecule has 0 spiro atoms. The molecule has 0 bridgehead atoms. The van der Waals surface area contributed by atoms with Gasteiger partial charge in [0.1, 0.15) is 0 Å². The maximum atomic E-state index is 12.3. The minimum atomic E-state index is -3.40. The largest absolute Gasteiger partial charge is 0.385 e. The molecule has 1 aliphatic carbocycles. The van der Waals surface area contributed by atoms with E-state index in [1.54, 1.807) is 12.1 Å². The minimum absolute atomic E-state index is 0.0200. The second-order valence-corrected chi connectivity index (χ2v) is 7.27. The number of benzene rings is 1. The highest BCUT2D eigenvalue weighted by molar-refractivity contribution is 7.89. The summed E-state index contributed by atoms with van der Waals surface area (Å²) >= 11 is 0. The second-order valence-electron chi connectivity index (χ2n) is 5.55. The number of rotatable bonds is 7. The summed E-state index contributed by atoms with van der Waals surface area (Å²) in [5, 5.41) is 3.24. The molecule has 1 saturated carbocycles. The van der Waals surface area contributed by atoms with Crippen molar-refractivity contribution in [3.05, 3.63) is 24.3 Å². The summed E-state index contributed by atoms with van der Waals surface area (Å²) in [4.78, 5) is 0.339. The van der Waals surface area contributed by atoms with E-state index in [1.807, 2.05) is 19.1 Å². The van der Waals surface area contributed by atoms with Crippen molar-refractivity contribution in [1.82, 2.24) is 4.72 Å². The Hall–Kier alpha value is -1.07. The van der Waals surface area contributed by atoms with Gasteiger partial charge < -0.3 is 5.32 Å². The standard InChI is InChI=1S/C15H24N2O2S/c1-3-11-16-14-7-9-15(10-8-14)20(18,19)17-12(2)13-5-4-6-13/h7-10,12-13,16-17H,3-6,11H2,1-2H3. The average molecular weight is 296 g/mol. The van der Waals surface area contributed by atoms with E-state index >= 15 is 0 Å². The molecule has 4 nitrogen and oxygen atoms in total. The molecule has 0 aliphatic heterocycles. The molecule has 1 fully saturated rings. The first-order chi connectivity index (χ1) is 9.53. The normalized spacial score (nSPS) is 17.5. The predicted octanol–water partition coefficient (Wildman–Crippen LogP) is 2.98. The quantitative estimate of drug-likeness (QED) is 0.813. The molecule has 1 aliphatic rings. The summed E-state index contributed by atoms with van der Waals surface area (Å²) < 4.78 is 27.4. The zero-order valence-electron chi connectivity index (χ0n) is 12.2. The van der Waals surface area contributed by atoms with Crippen LogP contribution in [0.2, 0.25) is 0 Å². The SMILES string of the molecule is CCCNc1ccc(S(=O)(=O)NC(C)C2CCC2)cc1. The highest BCUT2D eigenvalue weighted by atomic mass is 32.2. The third-order valence-electron chi connectivity index (χ3n) is 3.94. The molecule has 0 radical (unpaired) electrons. The molecule has 0 aromatic heterocycles. The van der Waals surface area contributed by atoms with Crippen molar-refractivity contribution in [3.63, 3.8) is 0 Å². The Bertz CT molecular complexity index is 521. The molecular weight excluding hydrogens is 272 g/mol. The van der Waals surface area contributed by atoms with Crippen LogP contribution < -0.4 is 10.0 Å². The molecule has 1 unspecified atom stereocenters. The Morgan fingerprint density at radius 1 is 1.25 bits per heavy atom. The Balaban J connectivity index is 2.01. The molecule has 5 heteroatoms. The molecule has 20 heavy (non-hydrogen) atoms. The maximum absolute atomic E-state index is 12.3. The summed E-state index contributed by atoms with van der Waals surface area (Å²) in [6.07, 6.45) is 4.52. The lowest BCUT2D eigenvalue weighted by Gasteiger charge is -2.31. The van der Waals surface area contributed by atoms with Crippen molar-refractivity contribution in [2.45, 2.75) is 50.5 Å². The molecule has 0 saturated heterocycles. The van der Waals surface area contributed by atoms with Crippen LogP contribution >= 0.6 is 0 Å². The van der Waals surface area contributed by atoms with Gasteiger partial charge in [0.2, 0.25) is 10.0 Å². The van der Waals surface area contributed by atoms with E-state index in [0.717, 1.165) is 31.5 Å². The number of hydrogen-bond donors (Lipinski definition) is 2. The van der Waals surface area contributed by atoms with Gasteiger partial charge in [-0.1, -0.05) is 13.3 Å². The van der Waals surface area contributed by atoms with Gasteiger partial charge in [0.05, 0.1) is 4.90 Å². The van der Waals surface area contributed by atoms with Gasteiger partial charge in [-0.3, -0.25) is 0 Å². The van der Waals surface area contributed by atoms with Crippen molar-refractivity contribution >= 4 is 15.7 Å². The predicted molar refractivity (Wildman–Crippen MR) is 82.3 cm³/mol. The van der Waals surface area contributed by atoms with Gasteiger partial charge in [0.15, 0.2) is 0 Å². The van der Waals surface area contributed by atoms with Gasteiger partial charge in [-0.25, -0.2) is 13.1 Å². The molecule has 2 rings (SSSR count). The molecule has 112 valence electrons. The minimum Gasteiger partial charge on any atom is -0.385 e. The molecule has 0 amide bonds. The highest BCUT2D eigenvalue weighted by Crippen LogP contribution is 2.30. The van der Waals surface area contributed by atoms with Crippen LogP contribution in [-0.4, -0.2) is 21.0 Å². The van der Waals surface area contributed by atoms with Crippen LogP contribution in [0.5, 0.6) is 0 Å². The number of hydrogen-bond acceptors (Lipinski definition) is 3.